The highest BCUT2D eigenvalue weighted by atomic mass is 16.1. The molecule has 0 aromatic heterocycles. The Morgan fingerprint density at radius 2 is 1.48 bits per heavy atom. The van der Waals surface area contributed by atoms with Gasteiger partial charge in [-0.15, -0.1) is 0 Å². The van der Waals surface area contributed by atoms with Crippen LogP contribution in [0, 0.1) is 0 Å². The van der Waals surface area contributed by atoms with Crippen LogP contribution in [-0.2, 0) is 19.5 Å². The van der Waals surface area contributed by atoms with Gasteiger partial charge in [0.1, 0.15) is 0 Å². The van der Waals surface area contributed by atoms with Crippen LogP contribution in [-0.4, -0.2) is 25.5 Å². The first-order valence-electron chi connectivity index (χ1n) is 12.3. The van der Waals surface area contributed by atoms with Crippen LogP contribution in [0.2, 0.25) is 0 Å². The van der Waals surface area contributed by atoms with Gasteiger partial charge in [-0.2, -0.15) is 0 Å². The number of hydrogen-bond donors (Lipinski definition) is 1. The van der Waals surface area contributed by atoms with E-state index in [0.717, 1.165) is 38.2 Å². The Morgan fingerprint density at radius 3 is 2.27 bits per heavy atom. The van der Waals surface area contributed by atoms with Crippen molar-refractivity contribution in [2.45, 2.75) is 45.2 Å². The second-order valence-electron chi connectivity index (χ2n) is 9.25. The third-order valence-electron chi connectivity index (χ3n) is 6.91. The summed E-state index contributed by atoms with van der Waals surface area (Å²) in [4.78, 5) is 17.6. The van der Waals surface area contributed by atoms with Gasteiger partial charge >= 0.3 is 0 Å². The predicted octanol–water partition coefficient (Wildman–Crippen LogP) is 5.56. The molecule has 2 aliphatic rings. The Balaban J connectivity index is 1.15. The first-order chi connectivity index (χ1) is 16.3. The van der Waals surface area contributed by atoms with E-state index in [-0.39, 0.29) is 5.91 Å². The van der Waals surface area contributed by atoms with Crippen LogP contribution >= 0.6 is 0 Å². The lowest BCUT2D eigenvalue weighted by Crippen LogP contribution is -2.29. The quantitative estimate of drug-likeness (QED) is 0.546. The largest absolute Gasteiger partial charge is 0.372 e. The number of hydrogen-bond acceptors (Lipinski definition) is 3. The van der Waals surface area contributed by atoms with Crippen LogP contribution in [0.3, 0.4) is 0 Å². The van der Waals surface area contributed by atoms with Crippen LogP contribution < -0.4 is 15.1 Å². The van der Waals surface area contributed by atoms with E-state index in [1.54, 1.807) is 0 Å². The van der Waals surface area contributed by atoms with Gasteiger partial charge in [-0.05, 0) is 79.1 Å². The van der Waals surface area contributed by atoms with Gasteiger partial charge in [0, 0.05) is 49.7 Å². The monoisotopic (exact) mass is 439 g/mol. The van der Waals surface area contributed by atoms with Crippen LogP contribution in [0.25, 0.3) is 0 Å². The number of carbonyl (C=O) groups excluding carboxylic acids is 1. The molecule has 5 rings (SSSR count). The number of fused-ring (bicyclic) bond motifs is 1. The number of aryl methyl sites for hydroxylation is 1. The minimum absolute atomic E-state index is 0.0232. The molecule has 4 heteroatoms. The zero-order valence-electron chi connectivity index (χ0n) is 19.3. The van der Waals surface area contributed by atoms with E-state index in [2.05, 4.69) is 75.8 Å². The third kappa shape index (κ3) is 5.22. The summed E-state index contributed by atoms with van der Waals surface area (Å²) < 4.78 is 0. The summed E-state index contributed by atoms with van der Waals surface area (Å²) in [6.07, 6.45) is 6.25. The van der Waals surface area contributed by atoms with Crippen molar-refractivity contribution < 1.29 is 4.79 Å². The molecule has 33 heavy (non-hydrogen) atoms. The molecule has 1 saturated heterocycles. The van der Waals surface area contributed by atoms with Crippen molar-refractivity contribution in [3.8, 4) is 0 Å². The maximum absolute atomic E-state index is 12.7. The van der Waals surface area contributed by atoms with E-state index >= 15 is 0 Å². The van der Waals surface area contributed by atoms with Gasteiger partial charge in [-0.25, -0.2) is 0 Å². The summed E-state index contributed by atoms with van der Waals surface area (Å²) in [5, 5.41) is 3.07. The normalized spacial score (nSPS) is 15.8. The fourth-order valence-corrected chi connectivity index (χ4v) is 5.02. The molecule has 0 unspecified atom stereocenters. The zero-order valence-corrected chi connectivity index (χ0v) is 19.3. The van der Waals surface area contributed by atoms with Crippen LogP contribution in [0.1, 0.15) is 52.7 Å². The third-order valence-corrected chi connectivity index (χ3v) is 6.91. The average molecular weight is 440 g/mol. The van der Waals surface area contributed by atoms with E-state index in [1.165, 1.54) is 48.2 Å². The number of carbonyl (C=O) groups is 1. The molecular formula is C29H33N3O. The number of piperidine rings is 1. The summed E-state index contributed by atoms with van der Waals surface area (Å²) in [6, 6.07) is 25.4. The fraction of sp³-hybridized carbons (Fsp3) is 0.345. The van der Waals surface area contributed by atoms with Gasteiger partial charge in [-0.1, -0.05) is 42.5 Å². The van der Waals surface area contributed by atoms with Gasteiger partial charge in [0.15, 0.2) is 0 Å². The smallest absolute Gasteiger partial charge is 0.251 e. The molecule has 170 valence electrons. The molecule has 0 aliphatic carbocycles. The minimum Gasteiger partial charge on any atom is -0.372 e. The highest BCUT2D eigenvalue weighted by Gasteiger charge is 2.16. The first-order valence-corrected chi connectivity index (χ1v) is 12.3. The van der Waals surface area contributed by atoms with Crippen molar-refractivity contribution in [1.82, 2.24) is 5.32 Å². The molecule has 2 heterocycles. The molecule has 1 N–H and O–H groups in total. The van der Waals surface area contributed by atoms with Gasteiger partial charge in [0.25, 0.3) is 5.91 Å². The summed E-state index contributed by atoms with van der Waals surface area (Å²) in [5.41, 5.74) is 7.14. The SMILES string of the molecule is O=C(NCc1ccc(N2CCCCC2)cc1)c1ccc(CN2CCCc3ccccc32)cc1. The van der Waals surface area contributed by atoms with Crippen molar-refractivity contribution in [3.05, 3.63) is 95.1 Å². The number of para-hydroxylation sites is 1. The number of amides is 1. The molecule has 0 saturated carbocycles. The van der Waals surface area contributed by atoms with E-state index in [4.69, 9.17) is 0 Å². The Morgan fingerprint density at radius 1 is 0.758 bits per heavy atom. The lowest BCUT2D eigenvalue weighted by molar-refractivity contribution is 0.0951. The van der Waals surface area contributed by atoms with Crippen LogP contribution in [0.15, 0.2) is 72.8 Å². The second kappa shape index (κ2) is 10.1. The number of rotatable bonds is 6. The lowest BCUT2D eigenvalue weighted by Gasteiger charge is -2.31. The number of nitrogens with one attached hydrogen (secondary N) is 1. The molecule has 0 spiro atoms. The number of nitrogens with zero attached hydrogens (tertiary/aromatic N) is 2. The van der Waals surface area contributed by atoms with Crippen molar-refractivity contribution in [3.63, 3.8) is 0 Å². The lowest BCUT2D eigenvalue weighted by atomic mass is 10.0. The standard InChI is InChI=1S/C29H33N3O/c33-29(30-21-23-12-16-27(17-13-23)31-18-4-1-5-19-31)26-14-10-24(11-15-26)22-32-20-6-8-25-7-2-3-9-28(25)32/h2-3,7,9-17H,1,4-6,8,18-22H2,(H,30,33). The summed E-state index contributed by atoms with van der Waals surface area (Å²) in [7, 11) is 0. The Hall–Kier alpha value is -3.27. The number of benzene rings is 3. The maximum Gasteiger partial charge on any atom is 0.251 e. The molecule has 0 radical (unpaired) electrons. The van der Waals surface area contributed by atoms with E-state index < -0.39 is 0 Å². The molecule has 4 nitrogen and oxygen atoms in total. The van der Waals surface area contributed by atoms with E-state index in [9.17, 15) is 4.79 Å². The second-order valence-corrected chi connectivity index (χ2v) is 9.25. The molecule has 1 amide bonds. The highest BCUT2D eigenvalue weighted by Crippen LogP contribution is 2.28. The summed E-state index contributed by atoms with van der Waals surface area (Å²) >= 11 is 0. The van der Waals surface area contributed by atoms with Gasteiger partial charge in [0.2, 0.25) is 0 Å². The molecular weight excluding hydrogens is 406 g/mol. The molecule has 0 bridgehead atoms. The Kier molecular flexibility index (Phi) is 6.61. The topological polar surface area (TPSA) is 35.6 Å². The maximum atomic E-state index is 12.7. The number of anilines is 2. The van der Waals surface area contributed by atoms with Gasteiger partial charge in [-0.3, -0.25) is 4.79 Å². The average Bonchev–Trinajstić information content (AvgIpc) is 2.89. The van der Waals surface area contributed by atoms with Crippen molar-refractivity contribution in [2.24, 2.45) is 0 Å². The van der Waals surface area contributed by atoms with E-state index in [1.807, 2.05) is 12.1 Å². The summed E-state index contributed by atoms with van der Waals surface area (Å²) in [5.74, 6) is -0.0232. The summed E-state index contributed by atoms with van der Waals surface area (Å²) in [6.45, 7) is 4.80. The molecule has 2 aliphatic heterocycles. The van der Waals surface area contributed by atoms with Crippen LogP contribution in [0.4, 0.5) is 11.4 Å². The molecule has 1 fully saturated rings. The predicted molar refractivity (Wildman–Crippen MR) is 136 cm³/mol. The zero-order chi connectivity index (χ0) is 22.5. The Bertz CT molecular complexity index is 1070. The fourth-order valence-electron chi connectivity index (χ4n) is 5.02. The molecule has 3 aromatic rings. The van der Waals surface area contributed by atoms with Crippen LogP contribution in [0.5, 0.6) is 0 Å². The van der Waals surface area contributed by atoms with Gasteiger partial charge in [0.05, 0.1) is 0 Å². The molecule has 0 atom stereocenters. The van der Waals surface area contributed by atoms with Crippen molar-refractivity contribution >= 4 is 17.3 Å². The molecule has 3 aromatic carbocycles. The minimum atomic E-state index is -0.0232. The van der Waals surface area contributed by atoms with Crippen molar-refractivity contribution in [2.75, 3.05) is 29.4 Å². The highest BCUT2D eigenvalue weighted by molar-refractivity contribution is 5.94. The van der Waals surface area contributed by atoms with E-state index in [0.29, 0.717) is 12.1 Å². The van der Waals surface area contributed by atoms with Gasteiger partial charge < -0.3 is 15.1 Å². The first kappa shape index (κ1) is 21.6. The van der Waals surface area contributed by atoms with Crippen molar-refractivity contribution in [1.29, 1.82) is 0 Å². The Labute approximate surface area is 197 Å².